The first-order chi connectivity index (χ1) is 19.1. The number of likely N-dealkylation sites (tertiary alicyclic amines) is 1. The first kappa shape index (κ1) is 26.0. The van der Waals surface area contributed by atoms with Crippen molar-refractivity contribution in [3.63, 3.8) is 0 Å². The van der Waals surface area contributed by atoms with Crippen LogP contribution in [0.3, 0.4) is 0 Å². The molecule has 0 saturated carbocycles. The Morgan fingerprint density at radius 2 is 1.59 bits per heavy atom. The molecular formula is C31H41N7O. The molecule has 8 heteroatoms. The molecule has 3 fully saturated rings. The van der Waals surface area contributed by atoms with Gasteiger partial charge in [-0.1, -0.05) is 30.3 Å². The molecule has 1 N–H and O–H groups in total. The molecule has 0 spiro atoms. The van der Waals surface area contributed by atoms with E-state index in [1.807, 2.05) is 17.2 Å². The minimum atomic E-state index is 0.155. The van der Waals surface area contributed by atoms with E-state index in [2.05, 4.69) is 92.6 Å². The number of rotatable bonds is 7. The van der Waals surface area contributed by atoms with Crippen LogP contribution in [-0.2, 0) is 4.84 Å². The predicted molar refractivity (Wildman–Crippen MR) is 158 cm³/mol. The lowest BCUT2D eigenvalue weighted by Gasteiger charge is -2.43. The second kappa shape index (κ2) is 11.9. The Balaban J connectivity index is 1.03. The minimum Gasteiger partial charge on any atom is -0.371 e. The van der Waals surface area contributed by atoms with Crippen molar-refractivity contribution >= 4 is 23.0 Å². The highest BCUT2D eigenvalue weighted by molar-refractivity contribution is 5.62. The van der Waals surface area contributed by atoms with E-state index >= 15 is 0 Å². The van der Waals surface area contributed by atoms with Crippen LogP contribution in [0.2, 0.25) is 0 Å². The topological polar surface area (TPSA) is 60.0 Å². The van der Waals surface area contributed by atoms with Gasteiger partial charge in [0.05, 0.1) is 12.6 Å². The van der Waals surface area contributed by atoms with Gasteiger partial charge in [0.25, 0.3) is 0 Å². The molecular weight excluding hydrogens is 486 g/mol. The number of benzene rings is 2. The second-order valence-electron chi connectivity index (χ2n) is 11.3. The zero-order valence-electron chi connectivity index (χ0n) is 23.2. The maximum absolute atomic E-state index is 5.96. The number of piperidine rings is 2. The molecule has 6 rings (SSSR count). The first-order valence-corrected chi connectivity index (χ1v) is 14.5. The maximum atomic E-state index is 5.96. The SMILES string of the molecule is CN(C)C1CCN(C2CCN(c3ccc(Nc4cc(N5OCCC5c5ccccc5)ncn4)cc3)CC2)CC1. The Hall–Kier alpha value is -3.20. The van der Waals surface area contributed by atoms with Crippen LogP contribution in [0.15, 0.2) is 67.0 Å². The molecule has 3 saturated heterocycles. The van der Waals surface area contributed by atoms with Gasteiger partial charge in [0.15, 0.2) is 5.82 Å². The van der Waals surface area contributed by atoms with Crippen LogP contribution in [-0.4, -0.2) is 78.7 Å². The molecule has 1 aromatic heterocycles. The quantitative estimate of drug-likeness (QED) is 0.456. The average molecular weight is 528 g/mol. The summed E-state index contributed by atoms with van der Waals surface area (Å²) in [5.74, 6) is 1.53. The van der Waals surface area contributed by atoms with E-state index in [0.717, 1.165) is 48.9 Å². The second-order valence-corrected chi connectivity index (χ2v) is 11.3. The van der Waals surface area contributed by atoms with E-state index in [0.29, 0.717) is 6.61 Å². The number of nitrogens with zero attached hydrogens (tertiary/aromatic N) is 6. The monoisotopic (exact) mass is 527 g/mol. The summed E-state index contributed by atoms with van der Waals surface area (Å²) < 4.78 is 0. The third-order valence-corrected chi connectivity index (χ3v) is 8.68. The van der Waals surface area contributed by atoms with Gasteiger partial charge in [-0.15, -0.1) is 0 Å². The fourth-order valence-electron chi connectivity index (χ4n) is 6.37. The number of anilines is 4. The number of hydroxylamine groups is 1. The molecule has 1 unspecified atom stereocenters. The Morgan fingerprint density at radius 3 is 2.31 bits per heavy atom. The average Bonchev–Trinajstić information content (AvgIpc) is 3.49. The molecule has 4 heterocycles. The number of nitrogens with one attached hydrogen (secondary N) is 1. The van der Waals surface area contributed by atoms with Crippen molar-refractivity contribution in [2.24, 2.45) is 0 Å². The fraction of sp³-hybridized carbons (Fsp3) is 0.484. The summed E-state index contributed by atoms with van der Waals surface area (Å²) >= 11 is 0. The molecule has 0 radical (unpaired) electrons. The van der Waals surface area contributed by atoms with Crippen LogP contribution in [0, 0.1) is 0 Å². The highest BCUT2D eigenvalue weighted by atomic mass is 16.7. The van der Waals surface area contributed by atoms with E-state index in [4.69, 9.17) is 4.84 Å². The van der Waals surface area contributed by atoms with Crippen LogP contribution in [0.1, 0.15) is 43.7 Å². The Bertz CT molecular complexity index is 1190. The lowest BCUT2D eigenvalue weighted by molar-refractivity contribution is 0.0961. The van der Waals surface area contributed by atoms with Crippen LogP contribution in [0.5, 0.6) is 0 Å². The van der Waals surface area contributed by atoms with Crippen LogP contribution >= 0.6 is 0 Å². The molecule has 0 bridgehead atoms. The van der Waals surface area contributed by atoms with Gasteiger partial charge in [0.2, 0.25) is 0 Å². The number of aromatic nitrogens is 2. The van der Waals surface area contributed by atoms with Gasteiger partial charge in [0, 0.05) is 49.0 Å². The van der Waals surface area contributed by atoms with Gasteiger partial charge in [-0.2, -0.15) is 0 Å². The molecule has 3 aromatic rings. The van der Waals surface area contributed by atoms with E-state index in [1.165, 1.54) is 50.0 Å². The Kier molecular flexibility index (Phi) is 7.95. The maximum Gasteiger partial charge on any atom is 0.158 e. The molecule has 0 amide bonds. The van der Waals surface area contributed by atoms with Gasteiger partial charge >= 0.3 is 0 Å². The van der Waals surface area contributed by atoms with E-state index in [1.54, 1.807) is 6.33 Å². The van der Waals surface area contributed by atoms with Crippen LogP contribution < -0.4 is 15.3 Å². The van der Waals surface area contributed by atoms with Gasteiger partial charge in [-0.05, 0) is 82.7 Å². The summed E-state index contributed by atoms with van der Waals surface area (Å²) in [6, 6.07) is 22.8. The molecule has 3 aliphatic rings. The smallest absolute Gasteiger partial charge is 0.158 e. The number of hydrogen-bond acceptors (Lipinski definition) is 8. The van der Waals surface area contributed by atoms with Gasteiger partial charge in [-0.25, -0.2) is 15.0 Å². The molecule has 2 aromatic carbocycles. The molecule has 3 aliphatic heterocycles. The molecule has 206 valence electrons. The molecule has 1 atom stereocenters. The lowest BCUT2D eigenvalue weighted by Crippen LogP contribution is -2.50. The van der Waals surface area contributed by atoms with Gasteiger partial charge in [0.1, 0.15) is 12.1 Å². The Morgan fingerprint density at radius 1 is 0.846 bits per heavy atom. The third kappa shape index (κ3) is 6.03. The van der Waals surface area contributed by atoms with Crippen molar-refractivity contribution in [2.75, 3.05) is 62.2 Å². The zero-order valence-corrected chi connectivity index (χ0v) is 23.2. The standard InChI is InChI=1S/C31H41N7O/c1-35(2)26-12-17-37(18-13-26)28-14-19-36(20-15-28)27-10-8-25(9-11-27)34-30-22-31(33-23-32-30)38-29(16-21-39-38)24-6-4-3-5-7-24/h3-11,22-23,26,28-29H,12-21H2,1-2H3,(H,32,33,34). The van der Waals surface area contributed by atoms with Crippen molar-refractivity contribution in [3.8, 4) is 0 Å². The Labute approximate surface area is 232 Å². The lowest BCUT2D eigenvalue weighted by atomic mass is 9.97. The summed E-state index contributed by atoms with van der Waals surface area (Å²) in [5.41, 5.74) is 3.55. The van der Waals surface area contributed by atoms with E-state index < -0.39 is 0 Å². The summed E-state index contributed by atoms with van der Waals surface area (Å²) in [6.45, 7) is 5.42. The first-order valence-electron chi connectivity index (χ1n) is 14.5. The summed E-state index contributed by atoms with van der Waals surface area (Å²) in [4.78, 5) is 22.6. The normalized spacial score (nSPS) is 21.6. The van der Waals surface area contributed by atoms with Crippen LogP contribution in [0.4, 0.5) is 23.0 Å². The van der Waals surface area contributed by atoms with Gasteiger partial charge < -0.3 is 20.0 Å². The number of hydrogen-bond donors (Lipinski definition) is 1. The van der Waals surface area contributed by atoms with Crippen molar-refractivity contribution in [1.82, 2.24) is 19.8 Å². The molecule has 8 nitrogen and oxygen atoms in total. The molecule has 0 aliphatic carbocycles. The summed E-state index contributed by atoms with van der Waals surface area (Å²) in [5, 5.41) is 5.37. The van der Waals surface area contributed by atoms with Crippen molar-refractivity contribution in [2.45, 2.75) is 50.2 Å². The third-order valence-electron chi connectivity index (χ3n) is 8.68. The van der Waals surface area contributed by atoms with Crippen LogP contribution in [0.25, 0.3) is 0 Å². The minimum absolute atomic E-state index is 0.155. The summed E-state index contributed by atoms with van der Waals surface area (Å²) in [7, 11) is 4.43. The predicted octanol–water partition coefficient (Wildman–Crippen LogP) is 5.10. The highest BCUT2D eigenvalue weighted by Crippen LogP contribution is 2.34. The van der Waals surface area contributed by atoms with Crippen molar-refractivity contribution in [1.29, 1.82) is 0 Å². The van der Waals surface area contributed by atoms with Gasteiger partial charge in [-0.3, -0.25) is 4.84 Å². The van der Waals surface area contributed by atoms with E-state index in [9.17, 15) is 0 Å². The fourth-order valence-corrected chi connectivity index (χ4v) is 6.37. The largest absolute Gasteiger partial charge is 0.371 e. The van der Waals surface area contributed by atoms with Crippen molar-refractivity contribution in [3.05, 3.63) is 72.6 Å². The highest BCUT2D eigenvalue weighted by Gasteiger charge is 2.30. The van der Waals surface area contributed by atoms with E-state index in [-0.39, 0.29) is 6.04 Å². The summed E-state index contributed by atoms with van der Waals surface area (Å²) in [6.07, 6.45) is 7.63. The molecule has 39 heavy (non-hydrogen) atoms. The zero-order chi connectivity index (χ0) is 26.6. The van der Waals surface area contributed by atoms with Crippen molar-refractivity contribution < 1.29 is 4.84 Å².